The Morgan fingerprint density at radius 3 is 2.65 bits per heavy atom. The second-order valence-electron chi connectivity index (χ2n) is 7.06. The van der Waals surface area contributed by atoms with Crippen LogP contribution in [0.4, 0.5) is 5.69 Å². The Hall–Kier alpha value is -2.75. The van der Waals surface area contributed by atoms with E-state index in [-0.39, 0.29) is 16.0 Å². The number of amides is 1. The molecule has 2 N–H and O–H groups in total. The lowest BCUT2D eigenvalue weighted by atomic mass is 10.0. The summed E-state index contributed by atoms with van der Waals surface area (Å²) in [6.45, 7) is 5.79. The van der Waals surface area contributed by atoms with Gasteiger partial charge < -0.3 is 9.84 Å². The average molecular weight is 460 g/mol. The van der Waals surface area contributed by atoms with Crippen LogP contribution in [-0.4, -0.2) is 26.0 Å². The van der Waals surface area contributed by atoms with Crippen molar-refractivity contribution in [3.8, 4) is 0 Å². The third-order valence-corrected chi connectivity index (χ3v) is 7.65. The van der Waals surface area contributed by atoms with E-state index in [1.54, 1.807) is 38.1 Å². The highest BCUT2D eigenvalue weighted by atomic mass is 32.2. The summed E-state index contributed by atoms with van der Waals surface area (Å²) < 4.78 is 33.5. The van der Waals surface area contributed by atoms with Crippen LogP contribution in [0, 0.1) is 6.92 Å². The maximum absolute atomic E-state index is 12.7. The number of aryl methyl sites for hydroxylation is 1. The molecule has 0 saturated carbocycles. The van der Waals surface area contributed by atoms with Gasteiger partial charge in [-0.25, -0.2) is 13.1 Å². The van der Waals surface area contributed by atoms with Crippen LogP contribution in [0.15, 0.2) is 51.2 Å². The summed E-state index contributed by atoms with van der Waals surface area (Å²) in [5.74, 6) is 0.329. The molecule has 1 atom stereocenters. The van der Waals surface area contributed by atoms with Crippen LogP contribution >= 0.6 is 11.3 Å². The number of sulfonamides is 1. The summed E-state index contributed by atoms with van der Waals surface area (Å²) in [5.41, 5.74) is 2.17. The van der Waals surface area contributed by atoms with E-state index in [9.17, 15) is 13.2 Å². The van der Waals surface area contributed by atoms with Crippen LogP contribution in [0.25, 0.3) is 12.2 Å². The molecule has 0 bridgehead atoms. The first kappa shape index (κ1) is 22.9. The second-order valence-corrected chi connectivity index (χ2v) is 10.2. The molecule has 0 fully saturated rings. The van der Waals surface area contributed by atoms with Crippen molar-refractivity contribution < 1.29 is 17.7 Å². The van der Waals surface area contributed by atoms with Gasteiger partial charge in [-0.15, -0.1) is 11.3 Å². The maximum Gasteiger partial charge on any atom is 0.250 e. The van der Waals surface area contributed by atoms with Gasteiger partial charge in [0.05, 0.1) is 0 Å². The van der Waals surface area contributed by atoms with Crippen molar-refractivity contribution in [1.29, 1.82) is 0 Å². The molecule has 0 aliphatic rings. The number of carbonyl (C=O) groups is 1. The highest BCUT2D eigenvalue weighted by Crippen LogP contribution is 2.26. The lowest BCUT2D eigenvalue weighted by Crippen LogP contribution is -2.27. The Kier molecular flexibility index (Phi) is 7.42. The summed E-state index contributed by atoms with van der Waals surface area (Å²) in [7, 11) is -3.61. The standard InChI is InChI=1S/C22H25N3O4S2/c1-4-20(26)24-22-16(3)25-29-19(22)12-10-18-11-13-21(30-18)31(27,28)23-14-15(2)17-8-6-5-7-9-17/h5-13,15,23H,4,14H2,1-3H3,(H,24,26)/b12-10+. The van der Waals surface area contributed by atoms with Gasteiger partial charge in [-0.05, 0) is 42.7 Å². The van der Waals surface area contributed by atoms with Crippen molar-refractivity contribution in [3.63, 3.8) is 0 Å². The molecule has 0 radical (unpaired) electrons. The minimum atomic E-state index is -3.61. The fraction of sp³-hybridized carbons (Fsp3) is 0.273. The monoisotopic (exact) mass is 459 g/mol. The van der Waals surface area contributed by atoms with Crippen molar-refractivity contribution >= 4 is 45.1 Å². The maximum atomic E-state index is 12.7. The van der Waals surface area contributed by atoms with Gasteiger partial charge in [-0.2, -0.15) is 0 Å². The van der Waals surface area contributed by atoms with Gasteiger partial charge >= 0.3 is 0 Å². The first-order chi connectivity index (χ1) is 14.8. The quantitative estimate of drug-likeness (QED) is 0.485. The smallest absolute Gasteiger partial charge is 0.250 e. The van der Waals surface area contributed by atoms with E-state index in [1.807, 2.05) is 37.3 Å². The molecule has 1 unspecified atom stereocenters. The number of hydrogen-bond donors (Lipinski definition) is 2. The van der Waals surface area contributed by atoms with Crippen LogP contribution in [0.1, 0.15) is 48.1 Å². The van der Waals surface area contributed by atoms with Gasteiger partial charge in [0.2, 0.25) is 15.9 Å². The molecule has 2 heterocycles. The number of aromatic nitrogens is 1. The molecule has 3 aromatic rings. The predicted molar refractivity (Wildman–Crippen MR) is 123 cm³/mol. The molecular formula is C22H25N3O4S2. The van der Waals surface area contributed by atoms with Gasteiger partial charge in [0.15, 0.2) is 5.76 Å². The molecule has 0 spiro atoms. The Labute approximate surface area is 186 Å². The van der Waals surface area contributed by atoms with Crippen molar-refractivity contribution in [2.45, 2.75) is 37.3 Å². The van der Waals surface area contributed by atoms with Gasteiger partial charge in [0.1, 0.15) is 15.6 Å². The van der Waals surface area contributed by atoms with E-state index in [0.29, 0.717) is 30.1 Å². The molecule has 1 aromatic carbocycles. The fourth-order valence-corrected chi connectivity index (χ4v) is 5.22. The molecular weight excluding hydrogens is 434 g/mol. The molecule has 2 aromatic heterocycles. The number of hydrogen-bond acceptors (Lipinski definition) is 6. The van der Waals surface area contributed by atoms with Crippen molar-refractivity contribution in [1.82, 2.24) is 9.88 Å². The number of rotatable bonds is 9. The van der Waals surface area contributed by atoms with Crippen molar-refractivity contribution in [2.24, 2.45) is 0 Å². The van der Waals surface area contributed by atoms with Gasteiger partial charge in [-0.3, -0.25) is 4.79 Å². The normalized spacial score (nSPS) is 12.9. The first-order valence-corrected chi connectivity index (χ1v) is 12.2. The van der Waals surface area contributed by atoms with Crippen molar-refractivity contribution in [3.05, 3.63) is 64.4 Å². The largest absolute Gasteiger partial charge is 0.354 e. The summed E-state index contributed by atoms with van der Waals surface area (Å²) in [6, 6.07) is 13.1. The molecule has 31 heavy (non-hydrogen) atoms. The van der Waals surface area contributed by atoms with Crippen LogP contribution in [0.5, 0.6) is 0 Å². The van der Waals surface area contributed by atoms with Crippen molar-refractivity contribution in [2.75, 3.05) is 11.9 Å². The molecule has 9 heteroatoms. The third-order valence-electron chi connectivity index (χ3n) is 4.69. The SMILES string of the molecule is CCC(=O)Nc1c(C)noc1/C=C/c1ccc(S(=O)(=O)NCC(C)c2ccccc2)s1. The van der Waals surface area contributed by atoms with E-state index in [4.69, 9.17) is 4.52 Å². The Balaban J connectivity index is 1.68. The third kappa shape index (κ3) is 5.90. The molecule has 164 valence electrons. The van der Waals surface area contributed by atoms with Crippen LogP contribution < -0.4 is 10.0 Å². The number of carbonyl (C=O) groups excluding carboxylic acids is 1. The lowest BCUT2D eigenvalue weighted by molar-refractivity contribution is -0.115. The molecule has 1 amide bonds. The zero-order valence-electron chi connectivity index (χ0n) is 17.6. The van der Waals surface area contributed by atoms with E-state index >= 15 is 0 Å². The number of benzene rings is 1. The van der Waals surface area contributed by atoms with E-state index < -0.39 is 10.0 Å². The molecule has 0 saturated heterocycles. The summed E-state index contributed by atoms with van der Waals surface area (Å²) in [5, 5.41) is 6.65. The summed E-state index contributed by atoms with van der Waals surface area (Å²) in [6.07, 6.45) is 3.74. The molecule has 7 nitrogen and oxygen atoms in total. The predicted octanol–water partition coefficient (Wildman–Crippen LogP) is 4.65. The van der Waals surface area contributed by atoms with Crippen LogP contribution in [0.3, 0.4) is 0 Å². The molecule has 3 rings (SSSR count). The Morgan fingerprint density at radius 1 is 1.19 bits per heavy atom. The minimum Gasteiger partial charge on any atom is -0.354 e. The Bertz CT molecular complexity index is 1160. The van der Waals surface area contributed by atoms with Crippen LogP contribution in [-0.2, 0) is 14.8 Å². The van der Waals surface area contributed by atoms with E-state index in [0.717, 1.165) is 21.8 Å². The van der Waals surface area contributed by atoms with Gasteiger partial charge in [-0.1, -0.05) is 49.3 Å². The number of thiophene rings is 1. The van der Waals surface area contributed by atoms with Crippen LogP contribution in [0.2, 0.25) is 0 Å². The highest BCUT2D eigenvalue weighted by molar-refractivity contribution is 7.91. The number of nitrogens with zero attached hydrogens (tertiary/aromatic N) is 1. The first-order valence-electron chi connectivity index (χ1n) is 9.88. The molecule has 0 aliphatic carbocycles. The van der Waals surface area contributed by atoms with E-state index in [1.165, 1.54) is 0 Å². The minimum absolute atomic E-state index is 0.0572. The number of nitrogens with one attached hydrogen (secondary N) is 2. The fourth-order valence-electron chi connectivity index (χ4n) is 2.81. The zero-order chi connectivity index (χ0) is 22.4. The zero-order valence-corrected chi connectivity index (χ0v) is 19.2. The highest BCUT2D eigenvalue weighted by Gasteiger charge is 2.18. The van der Waals surface area contributed by atoms with E-state index in [2.05, 4.69) is 15.2 Å². The van der Waals surface area contributed by atoms with Gasteiger partial charge in [0.25, 0.3) is 0 Å². The van der Waals surface area contributed by atoms with Gasteiger partial charge in [0, 0.05) is 17.8 Å². The second kappa shape index (κ2) is 10.0. The summed E-state index contributed by atoms with van der Waals surface area (Å²) >= 11 is 1.15. The topological polar surface area (TPSA) is 101 Å². The number of anilines is 1. The average Bonchev–Trinajstić information content (AvgIpc) is 3.39. The molecule has 0 aliphatic heterocycles. The Morgan fingerprint density at radius 2 is 1.94 bits per heavy atom. The lowest BCUT2D eigenvalue weighted by Gasteiger charge is -2.12. The summed E-state index contributed by atoms with van der Waals surface area (Å²) in [4.78, 5) is 12.4.